The van der Waals surface area contributed by atoms with Gasteiger partial charge in [-0.1, -0.05) is 6.07 Å². The standard InChI is InChI=1S/C17H25FN2O3S/c1-2-24(21,22)20-8-4-7-17(13-20)12-19(9-10-23-14-17)16-6-3-5-15(18)11-16/h3,5-6,11H,2,4,7-10,12-14H2,1H3/t17-/m1/s1. The Bertz CT molecular complexity index is 682. The summed E-state index contributed by atoms with van der Waals surface area (Å²) in [7, 11) is -3.20. The van der Waals surface area contributed by atoms with Gasteiger partial charge in [-0.25, -0.2) is 17.1 Å². The lowest BCUT2D eigenvalue weighted by Crippen LogP contribution is -2.52. The summed E-state index contributed by atoms with van der Waals surface area (Å²) in [5.41, 5.74) is 0.596. The Labute approximate surface area is 143 Å². The number of sulfonamides is 1. The third kappa shape index (κ3) is 3.73. The highest BCUT2D eigenvalue weighted by molar-refractivity contribution is 7.89. The predicted molar refractivity (Wildman–Crippen MR) is 92.1 cm³/mol. The van der Waals surface area contributed by atoms with Crippen LogP contribution >= 0.6 is 0 Å². The monoisotopic (exact) mass is 356 g/mol. The minimum Gasteiger partial charge on any atom is -0.379 e. The zero-order valence-corrected chi connectivity index (χ0v) is 14.9. The Morgan fingerprint density at radius 3 is 2.88 bits per heavy atom. The number of hydrogen-bond acceptors (Lipinski definition) is 4. The molecule has 2 fully saturated rings. The van der Waals surface area contributed by atoms with E-state index in [1.165, 1.54) is 12.1 Å². The van der Waals surface area contributed by atoms with Crippen molar-refractivity contribution in [1.29, 1.82) is 0 Å². The third-order valence-corrected chi connectivity index (χ3v) is 6.83. The van der Waals surface area contributed by atoms with Crippen LogP contribution in [0.3, 0.4) is 0 Å². The van der Waals surface area contributed by atoms with Crippen molar-refractivity contribution >= 4 is 15.7 Å². The summed E-state index contributed by atoms with van der Waals surface area (Å²) in [6, 6.07) is 6.56. The number of anilines is 1. The average molecular weight is 356 g/mol. The van der Waals surface area contributed by atoms with Crippen molar-refractivity contribution in [1.82, 2.24) is 4.31 Å². The van der Waals surface area contributed by atoms with Gasteiger partial charge in [-0.15, -0.1) is 0 Å². The number of hydrogen-bond donors (Lipinski definition) is 0. The van der Waals surface area contributed by atoms with Crippen molar-refractivity contribution in [3.8, 4) is 0 Å². The number of nitrogens with zero attached hydrogens (tertiary/aromatic N) is 2. The van der Waals surface area contributed by atoms with E-state index < -0.39 is 10.0 Å². The van der Waals surface area contributed by atoms with Crippen LogP contribution in [0.2, 0.25) is 0 Å². The smallest absolute Gasteiger partial charge is 0.213 e. The Kier molecular flexibility index (Phi) is 5.13. The molecule has 0 saturated carbocycles. The van der Waals surface area contributed by atoms with Crippen LogP contribution in [0.4, 0.5) is 10.1 Å². The number of piperidine rings is 1. The lowest BCUT2D eigenvalue weighted by atomic mass is 9.81. The largest absolute Gasteiger partial charge is 0.379 e. The van der Waals surface area contributed by atoms with Crippen LogP contribution in [0.25, 0.3) is 0 Å². The van der Waals surface area contributed by atoms with E-state index in [0.29, 0.717) is 39.4 Å². The molecule has 0 radical (unpaired) electrons. The summed E-state index contributed by atoms with van der Waals surface area (Å²) >= 11 is 0. The molecule has 2 heterocycles. The van der Waals surface area contributed by atoms with Crippen molar-refractivity contribution in [2.45, 2.75) is 19.8 Å². The second-order valence-electron chi connectivity index (χ2n) is 6.79. The topological polar surface area (TPSA) is 49.9 Å². The van der Waals surface area contributed by atoms with Gasteiger partial charge < -0.3 is 9.64 Å². The first-order valence-corrected chi connectivity index (χ1v) is 10.1. The van der Waals surface area contributed by atoms with Gasteiger partial charge in [0.2, 0.25) is 10.0 Å². The van der Waals surface area contributed by atoms with E-state index in [1.807, 2.05) is 6.07 Å². The molecule has 0 amide bonds. The van der Waals surface area contributed by atoms with E-state index >= 15 is 0 Å². The lowest BCUT2D eigenvalue weighted by Gasteiger charge is -2.43. The van der Waals surface area contributed by atoms with Crippen molar-refractivity contribution in [3.63, 3.8) is 0 Å². The highest BCUT2D eigenvalue weighted by Crippen LogP contribution is 2.35. The minimum atomic E-state index is -3.20. The van der Waals surface area contributed by atoms with E-state index in [4.69, 9.17) is 4.74 Å². The van der Waals surface area contributed by atoms with Gasteiger partial charge in [0.15, 0.2) is 0 Å². The van der Waals surface area contributed by atoms with Crippen molar-refractivity contribution in [3.05, 3.63) is 30.1 Å². The summed E-state index contributed by atoms with van der Waals surface area (Å²) in [6.45, 7) is 5.23. The SMILES string of the molecule is CCS(=O)(=O)N1CCC[C@]2(COCCN(c3cccc(F)c3)C2)C1. The van der Waals surface area contributed by atoms with Crippen LogP contribution in [-0.4, -0.2) is 57.9 Å². The summed E-state index contributed by atoms with van der Waals surface area (Å²) < 4.78 is 45.6. The fourth-order valence-electron chi connectivity index (χ4n) is 3.72. The van der Waals surface area contributed by atoms with Gasteiger partial charge in [0.05, 0.1) is 19.0 Å². The molecular weight excluding hydrogens is 331 g/mol. The third-order valence-electron chi connectivity index (χ3n) is 5.00. The molecule has 1 aromatic rings. The zero-order chi connectivity index (χ0) is 17.2. The average Bonchev–Trinajstić information content (AvgIpc) is 2.78. The molecule has 0 bridgehead atoms. The molecule has 1 atom stereocenters. The summed E-state index contributed by atoms with van der Waals surface area (Å²) in [5, 5.41) is 0. The molecular formula is C17H25FN2O3S. The van der Waals surface area contributed by atoms with Gasteiger partial charge in [-0.2, -0.15) is 0 Å². The number of benzene rings is 1. The van der Waals surface area contributed by atoms with Gasteiger partial charge in [0, 0.05) is 37.3 Å². The van der Waals surface area contributed by atoms with Gasteiger partial charge in [-0.05, 0) is 38.0 Å². The lowest BCUT2D eigenvalue weighted by molar-refractivity contribution is 0.0351. The highest BCUT2D eigenvalue weighted by atomic mass is 32.2. The van der Waals surface area contributed by atoms with E-state index in [-0.39, 0.29) is 17.0 Å². The minimum absolute atomic E-state index is 0.123. The van der Waals surface area contributed by atoms with E-state index in [2.05, 4.69) is 4.90 Å². The van der Waals surface area contributed by atoms with Crippen LogP contribution in [0.5, 0.6) is 0 Å². The maximum absolute atomic E-state index is 13.6. The van der Waals surface area contributed by atoms with E-state index in [0.717, 1.165) is 18.5 Å². The van der Waals surface area contributed by atoms with Crippen LogP contribution in [-0.2, 0) is 14.8 Å². The second kappa shape index (κ2) is 6.98. The van der Waals surface area contributed by atoms with Gasteiger partial charge in [0.1, 0.15) is 5.82 Å². The first kappa shape index (κ1) is 17.6. The van der Waals surface area contributed by atoms with Crippen LogP contribution in [0.15, 0.2) is 24.3 Å². The highest BCUT2D eigenvalue weighted by Gasteiger charge is 2.41. The molecule has 0 aromatic heterocycles. The summed E-state index contributed by atoms with van der Waals surface area (Å²) in [5.74, 6) is -0.136. The Hall–Kier alpha value is -1.18. The molecule has 2 saturated heterocycles. The van der Waals surface area contributed by atoms with Crippen LogP contribution in [0, 0.1) is 11.2 Å². The predicted octanol–water partition coefficient (Wildman–Crippen LogP) is 2.09. The number of halogens is 1. The maximum atomic E-state index is 13.6. The van der Waals surface area contributed by atoms with Crippen molar-refractivity contribution in [2.24, 2.45) is 5.41 Å². The first-order chi connectivity index (χ1) is 11.4. The molecule has 0 unspecified atom stereocenters. The van der Waals surface area contributed by atoms with Gasteiger partial charge in [-0.3, -0.25) is 0 Å². The summed E-state index contributed by atoms with van der Waals surface area (Å²) in [6.07, 6.45) is 1.76. The molecule has 7 heteroatoms. The molecule has 1 aromatic carbocycles. The fourth-order valence-corrected chi connectivity index (χ4v) is 4.96. The summed E-state index contributed by atoms with van der Waals surface area (Å²) in [4.78, 5) is 2.12. The molecule has 1 spiro atoms. The van der Waals surface area contributed by atoms with Crippen molar-refractivity contribution in [2.75, 3.05) is 50.0 Å². The quantitative estimate of drug-likeness (QED) is 0.832. The number of ether oxygens (including phenoxy) is 1. The van der Waals surface area contributed by atoms with Crippen LogP contribution < -0.4 is 4.90 Å². The molecule has 134 valence electrons. The molecule has 2 aliphatic heterocycles. The Balaban J connectivity index is 1.83. The normalized spacial score (nSPS) is 26.5. The zero-order valence-electron chi connectivity index (χ0n) is 14.1. The number of rotatable bonds is 3. The van der Waals surface area contributed by atoms with Gasteiger partial charge >= 0.3 is 0 Å². The first-order valence-electron chi connectivity index (χ1n) is 8.50. The van der Waals surface area contributed by atoms with Gasteiger partial charge in [0.25, 0.3) is 0 Å². The van der Waals surface area contributed by atoms with E-state index in [9.17, 15) is 12.8 Å². The molecule has 2 aliphatic rings. The molecule has 0 N–H and O–H groups in total. The molecule has 24 heavy (non-hydrogen) atoms. The molecule has 0 aliphatic carbocycles. The molecule has 3 rings (SSSR count). The Morgan fingerprint density at radius 1 is 1.29 bits per heavy atom. The Morgan fingerprint density at radius 2 is 2.12 bits per heavy atom. The maximum Gasteiger partial charge on any atom is 0.213 e. The molecule has 5 nitrogen and oxygen atoms in total. The van der Waals surface area contributed by atoms with Crippen molar-refractivity contribution < 1.29 is 17.5 Å². The van der Waals surface area contributed by atoms with E-state index in [1.54, 1.807) is 17.3 Å². The van der Waals surface area contributed by atoms with Crippen LogP contribution in [0.1, 0.15) is 19.8 Å². The fraction of sp³-hybridized carbons (Fsp3) is 0.647. The second-order valence-corrected chi connectivity index (χ2v) is 9.05.